The molecule has 0 saturated carbocycles. The van der Waals surface area contributed by atoms with Crippen molar-refractivity contribution in [2.75, 3.05) is 13.2 Å². The highest BCUT2D eigenvalue weighted by Crippen LogP contribution is 2.34. The molecular weight excluding hydrogens is 382 g/mol. The van der Waals surface area contributed by atoms with Crippen LogP contribution in [0.25, 0.3) is 6.08 Å². The van der Waals surface area contributed by atoms with E-state index in [1.807, 2.05) is 36.4 Å². The molecule has 6 nitrogen and oxygen atoms in total. The van der Waals surface area contributed by atoms with Gasteiger partial charge in [0.05, 0.1) is 13.2 Å². The lowest BCUT2D eigenvalue weighted by atomic mass is 9.78. The van der Waals surface area contributed by atoms with Crippen molar-refractivity contribution < 1.29 is 23.9 Å². The Kier molecular flexibility index (Phi) is 8.35. The number of hydrogen-bond donors (Lipinski definition) is 1. The molecule has 0 fully saturated rings. The zero-order valence-corrected chi connectivity index (χ0v) is 17.5. The topological polar surface area (TPSA) is 81.7 Å². The highest BCUT2D eigenvalue weighted by atomic mass is 16.6. The van der Waals surface area contributed by atoms with Crippen molar-refractivity contribution in [2.24, 2.45) is 0 Å². The molecular formula is C24H27NO5. The van der Waals surface area contributed by atoms with Gasteiger partial charge in [-0.05, 0) is 25.0 Å². The molecule has 0 radical (unpaired) electrons. The summed E-state index contributed by atoms with van der Waals surface area (Å²) in [5.74, 6) is -3.15. The van der Waals surface area contributed by atoms with E-state index in [4.69, 9.17) is 9.47 Å². The van der Waals surface area contributed by atoms with E-state index in [9.17, 15) is 14.4 Å². The van der Waals surface area contributed by atoms with Crippen molar-refractivity contribution in [2.45, 2.75) is 32.2 Å². The third kappa shape index (κ3) is 5.35. The summed E-state index contributed by atoms with van der Waals surface area (Å²) in [5.41, 5.74) is -0.535. The first-order valence-corrected chi connectivity index (χ1v) is 9.87. The van der Waals surface area contributed by atoms with Crippen molar-refractivity contribution >= 4 is 23.9 Å². The van der Waals surface area contributed by atoms with E-state index in [1.54, 1.807) is 50.3 Å². The average molecular weight is 409 g/mol. The molecule has 2 aromatic rings. The molecule has 0 aliphatic heterocycles. The molecule has 1 amide bonds. The number of amides is 1. The molecule has 1 N–H and O–H groups in total. The van der Waals surface area contributed by atoms with Gasteiger partial charge >= 0.3 is 11.9 Å². The molecule has 1 unspecified atom stereocenters. The zero-order valence-electron chi connectivity index (χ0n) is 17.5. The predicted molar refractivity (Wildman–Crippen MR) is 114 cm³/mol. The maximum Gasteiger partial charge on any atom is 0.344 e. The van der Waals surface area contributed by atoms with Crippen LogP contribution in [0.3, 0.4) is 0 Å². The number of esters is 2. The fourth-order valence-electron chi connectivity index (χ4n) is 3.22. The number of rotatable bonds is 9. The van der Waals surface area contributed by atoms with Gasteiger partial charge in [-0.25, -0.2) is 9.59 Å². The van der Waals surface area contributed by atoms with Crippen molar-refractivity contribution in [1.29, 1.82) is 0 Å². The van der Waals surface area contributed by atoms with E-state index in [2.05, 4.69) is 5.32 Å². The van der Waals surface area contributed by atoms with Gasteiger partial charge in [0.25, 0.3) is 0 Å². The molecule has 0 saturated heterocycles. The van der Waals surface area contributed by atoms with Crippen LogP contribution in [0.1, 0.15) is 37.8 Å². The molecule has 2 aromatic carbocycles. The Morgan fingerprint density at radius 2 is 1.40 bits per heavy atom. The summed E-state index contributed by atoms with van der Waals surface area (Å²) in [6.45, 7) is 4.61. The molecule has 0 spiro atoms. The van der Waals surface area contributed by atoms with Gasteiger partial charge in [0.1, 0.15) is 0 Å². The van der Waals surface area contributed by atoms with Gasteiger partial charge in [-0.15, -0.1) is 0 Å². The second kappa shape index (κ2) is 11.0. The lowest BCUT2D eigenvalue weighted by Crippen LogP contribution is -2.64. The maximum atomic E-state index is 13.2. The van der Waals surface area contributed by atoms with E-state index >= 15 is 0 Å². The Bertz CT molecular complexity index is 859. The minimum absolute atomic E-state index is 0.0451. The molecule has 2 rings (SSSR count). The van der Waals surface area contributed by atoms with Gasteiger partial charge < -0.3 is 14.8 Å². The maximum absolute atomic E-state index is 13.2. The van der Waals surface area contributed by atoms with Crippen LogP contribution in [0.2, 0.25) is 0 Å². The molecule has 1 atom stereocenters. The number of ether oxygens (including phenoxy) is 2. The van der Waals surface area contributed by atoms with Crippen molar-refractivity contribution in [3.05, 3.63) is 77.9 Å². The van der Waals surface area contributed by atoms with Gasteiger partial charge in [-0.2, -0.15) is 0 Å². The summed E-state index contributed by atoms with van der Waals surface area (Å²) in [5, 5.41) is 2.56. The Morgan fingerprint density at radius 3 is 1.87 bits per heavy atom. The van der Waals surface area contributed by atoms with Gasteiger partial charge in [0.2, 0.25) is 11.4 Å². The smallest absolute Gasteiger partial charge is 0.344 e. The quantitative estimate of drug-likeness (QED) is 0.506. The highest BCUT2D eigenvalue weighted by Gasteiger charge is 2.55. The molecule has 0 aliphatic carbocycles. The largest absolute Gasteiger partial charge is 0.464 e. The number of hydrogen-bond acceptors (Lipinski definition) is 5. The number of carbonyl (C=O) groups excluding carboxylic acids is 3. The summed E-state index contributed by atoms with van der Waals surface area (Å²) in [4.78, 5) is 38.5. The van der Waals surface area contributed by atoms with Crippen LogP contribution in [0, 0.1) is 0 Å². The molecule has 30 heavy (non-hydrogen) atoms. The summed E-state index contributed by atoms with van der Waals surface area (Å²) in [6.07, 6.45) is 3.52. The summed E-state index contributed by atoms with van der Waals surface area (Å²) in [7, 11) is 0. The monoisotopic (exact) mass is 409 g/mol. The minimum Gasteiger partial charge on any atom is -0.464 e. The van der Waals surface area contributed by atoms with E-state index in [0.29, 0.717) is 5.56 Å². The fraction of sp³-hybridized carbons (Fsp3) is 0.292. The van der Waals surface area contributed by atoms with Crippen molar-refractivity contribution in [1.82, 2.24) is 5.32 Å². The van der Waals surface area contributed by atoms with E-state index in [-0.39, 0.29) is 13.2 Å². The van der Waals surface area contributed by atoms with Gasteiger partial charge in [-0.1, -0.05) is 72.8 Å². The molecule has 6 heteroatoms. The van der Waals surface area contributed by atoms with Crippen LogP contribution in [0.4, 0.5) is 0 Å². The van der Waals surface area contributed by atoms with E-state index in [1.165, 1.54) is 6.92 Å². The standard InChI is InChI=1S/C24H27NO5/c1-4-29-22(27)24(25-18(3)26,23(28)30-5-2)21(20-14-10-7-11-15-20)17-16-19-12-8-6-9-13-19/h6-17,21H,4-5H2,1-3H3,(H,25,26)/b17-16+. The minimum atomic E-state index is -2.06. The molecule has 158 valence electrons. The third-order valence-corrected chi connectivity index (χ3v) is 4.47. The van der Waals surface area contributed by atoms with Gasteiger partial charge in [0.15, 0.2) is 0 Å². The first-order valence-electron chi connectivity index (χ1n) is 9.87. The Labute approximate surface area is 176 Å². The molecule has 0 bridgehead atoms. The van der Waals surface area contributed by atoms with Crippen LogP contribution in [0.5, 0.6) is 0 Å². The summed E-state index contributed by atoms with van der Waals surface area (Å²) in [6, 6.07) is 18.5. The van der Waals surface area contributed by atoms with E-state index in [0.717, 1.165) is 5.56 Å². The number of benzene rings is 2. The molecule has 0 heterocycles. The van der Waals surface area contributed by atoms with Gasteiger partial charge in [0, 0.05) is 12.8 Å². The first kappa shape index (κ1) is 22.9. The van der Waals surface area contributed by atoms with Crippen LogP contribution in [0.15, 0.2) is 66.7 Å². The lowest BCUT2D eigenvalue weighted by Gasteiger charge is -2.35. The summed E-state index contributed by atoms with van der Waals surface area (Å²) >= 11 is 0. The fourth-order valence-corrected chi connectivity index (χ4v) is 3.22. The number of nitrogens with one attached hydrogen (secondary N) is 1. The van der Waals surface area contributed by atoms with Crippen LogP contribution in [-0.2, 0) is 23.9 Å². The zero-order chi connectivity index (χ0) is 22.0. The second-order valence-electron chi connectivity index (χ2n) is 6.59. The molecule has 0 aromatic heterocycles. The average Bonchev–Trinajstić information content (AvgIpc) is 2.74. The first-order chi connectivity index (χ1) is 14.5. The Morgan fingerprint density at radius 1 is 0.900 bits per heavy atom. The van der Waals surface area contributed by atoms with Crippen LogP contribution in [-0.4, -0.2) is 36.6 Å². The summed E-state index contributed by atoms with van der Waals surface area (Å²) < 4.78 is 10.5. The van der Waals surface area contributed by atoms with Crippen molar-refractivity contribution in [3.8, 4) is 0 Å². The Balaban J connectivity index is 2.71. The highest BCUT2D eigenvalue weighted by molar-refractivity contribution is 6.09. The van der Waals surface area contributed by atoms with Crippen LogP contribution < -0.4 is 5.32 Å². The van der Waals surface area contributed by atoms with Crippen molar-refractivity contribution in [3.63, 3.8) is 0 Å². The molecule has 0 aliphatic rings. The Hall–Kier alpha value is -3.41. The van der Waals surface area contributed by atoms with Crippen LogP contribution >= 0.6 is 0 Å². The number of carbonyl (C=O) groups is 3. The normalized spacial score (nSPS) is 12.2. The van der Waals surface area contributed by atoms with Gasteiger partial charge in [-0.3, -0.25) is 4.79 Å². The lowest BCUT2D eigenvalue weighted by molar-refractivity contribution is -0.168. The van der Waals surface area contributed by atoms with E-state index < -0.39 is 29.3 Å². The predicted octanol–water partition coefficient (Wildman–Crippen LogP) is 3.48. The SMILES string of the molecule is CCOC(=O)C(NC(C)=O)(C(=O)OCC)C(/C=C/c1ccccc1)c1ccccc1. The second-order valence-corrected chi connectivity index (χ2v) is 6.59. The third-order valence-electron chi connectivity index (χ3n) is 4.47.